The average molecular weight is 272 g/mol. The molecule has 5 nitrogen and oxygen atoms in total. The molecule has 0 spiro atoms. The zero-order valence-electron chi connectivity index (χ0n) is 11.2. The molecule has 5 heteroatoms. The number of hydrogen-bond acceptors (Lipinski definition) is 5. The van der Waals surface area contributed by atoms with Gasteiger partial charge >= 0.3 is 5.97 Å². The number of rotatable bonds is 5. The number of pyridine rings is 1. The second-order valence-electron chi connectivity index (χ2n) is 4.24. The second-order valence-corrected chi connectivity index (χ2v) is 4.24. The fraction of sp³-hybridized carbons (Fsp3) is 0.200. The Morgan fingerprint density at radius 1 is 1.25 bits per heavy atom. The third-order valence-corrected chi connectivity index (χ3v) is 2.77. The molecule has 2 aromatic rings. The number of esters is 1. The largest absolute Gasteiger partial charge is 0.497 e. The van der Waals surface area contributed by atoms with E-state index in [2.05, 4.69) is 4.98 Å². The van der Waals surface area contributed by atoms with E-state index in [9.17, 15) is 4.79 Å². The number of nitrogens with zero attached hydrogens (tertiary/aromatic N) is 1. The molecule has 0 radical (unpaired) electrons. The maximum atomic E-state index is 11.9. The molecule has 0 saturated heterocycles. The quantitative estimate of drug-likeness (QED) is 0.666. The molecule has 0 atom stereocenters. The topological polar surface area (TPSA) is 74.4 Å². The van der Waals surface area contributed by atoms with E-state index in [0.29, 0.717) is 30.0 Å². The van der Waals surface area contributed by atoms with Gasteiger partial charge in [0.2, 0.25) is 0 Å². The summed E-state index contributed by atoms with van der Waals surface area (Å²) in [4.78, 5) is 15.8. The Labute approximate surface area is 117 Å². The van der Waals surface area contributed by atoms with Gasteiger partial charge in [0.25, 0.3) is 0 Å². The summed E-state index contributed by atoms with van der Waals surface area (Å²) in [5.41, 5.74) is 7.61. The molecule has 1 heterocycles. The highest BCUT2D eigenvalue weighted by molar-refractivity contribution is 5.91. The lowest BCUT2D eigenvalue weighted by Gasteiger charge is -2.07. The first-order chi connectivity index (χ1) is 9.69. The van der Waals surface area contributed by atoms with E-state index in [-0.39, 0.29) is 0 Å². The van der Waals surface area contributed by atoms with Gasteiger partial charge in [-0.2, -0.15) is 0 Å². The number of hydrogen-bond donors (Lipinski definition) is 1. The van der Waals surface area contributed by atoms with Crippen molar-refractivity contribution in [1.82, 2.24) is 4.98 Å². The van der Waals surface area contributed by atoms with Gasteiger partial charge in [-0.25, -0.2) is 4.79 Å². The van der Waals surface area contributed by atoms with Crippen molar-refractivity contribution in [3.05, 3.63) is 53.9 Å². The molecule has 2 rings (SSSR count). The third-order valence-electron chi connectivity index (χ3n) is 2.77. The molecule has 0 amide bonds. The van der Waals surface area contributed by atoms with Gasteiger partial charge in [0.1, 0.15) is 5.75 Å². The number of aromatic nitrogens is 1. The van der Waals surface area contributed by atoms with Crippen LogP contribution in [-0.4, -0.2) is 24.7 Å². The van der Waals surface area contributed by atoms with Gasteiger partial charge in [0.15, 0.2) is 0 Å². The van der Waals surface area contributed by atoms with E-state index >= 15 is 0 Å². The van der Waals surface area contributed by atoms with Gasteiger partial charge in [-0.05, 0) is 29.8 Å². The van der Waals surface area contributed by atoms with Crippen LogP contribution in [0.1, 0.15) is 15.9 Å². The number of nitrogens with two attached hydrogens (primary N) is 1. The highest BCUT2D eigenvalue weighted by Crippen LogP contribution is 2.19. The zero-order valence-corrected chi connectivity index (χ0v) is 11.2. The Hall–Kier alpha value is -2.56. The zero-order chi connectivity index (χ0) is 14.4. The van der Waals surface area contributed by atoms with Crippen molar-refractivity contribution in [2.45, 2.75) is 6.42 Å². The fourth-order valence-electron chi connectivity index (χ4n) is 1.75. The van der Waals surface area contributed by atoms with Crippen molar-refractivity contribution in [2.75, 3.05) is 19.5 Å². The predicted molar refractivity (Wildman–Crippen MR) is 75.6 cm³/mol. The number of ether oxygens (including phenoxy) is 2. The van der Waals surface area contributed by atoms with Crippen LogP contribution < -0.4 is 10.5 Å². The minimum Gasteiger partial charge on any atom is -0.497 e. The van der Waals surface area contributed by atoms with Gasteiger partial charge in [0.05, 0.1) is 19.3 Å². The second kappa shape index (κ2) is 6.56. The number of methoxy groups -OCH3 is 1. The van der Waals surface area contributed by atoms with Gasteiger partial charge in [0, 0.05) is 30.6 Å². The average Bonchev–Trinajstić information content (AvgIpc) is 2.47. The summed E-state index contributed by atoms with van der Waals surface area (Å²) in [6.07, 6.45) is 4.06. The summed E-state index contributed by atoms with van der Waals surface area (Å²) in [5.74, 6) is 0.121. The van der Waals surface area contributed by atoms with E-state index in [1.165, 1.54) is 7.11 Å². The first-order valence-electron chi connectivity index (χ1n) is 6.19. The summed E-state index contributed by atoms with van der Waals surface area (Å²) in [6, 6.07) is 8.59. The van der Waals surface area contributed by atoms with Crippen LogP contribution in [0.2, 0.25) is 0 Å². The first-order valence-corrected chi connectivity index (χ1v) is 6.19. The van der Waals surface area contributed by atoms with Crippen molar-refractivity contribution >= 4 is 11.7 Å². The maximum Gasteiger partial charge on any atom is 0.338 e. The molecule has 0 saturated carbocycles. The Morgan fingerprint density at radius 3 is 2.70 bits per heavy atom. The molecular formula is C15H16N2O3. The van der Waals surface area contributed by atoms with E-state index in [4.69, 9.17) is 15.2 Å². The third kappa shape index (κ3) is 3.71. The first kappa shape index (κ1) is 13.9. The Kier molecular flexibility index (Phi) is 4.55. The standard InChI is InChI=1S/C15H16N2O3/c1-19-14-9-12(8-13(16)10-14)15(18)20-7-4-11-2-5-17-6-3-11/h2-3,5-6,8-10H,4,7,16H2,1H3. The molecule has 0 bridgehead atoms. The van der Waals surface area contributed by atoms with Crippen molar-refractivity contribution in [2.24, 2.45) is 0 Å². The summed E-state index contributed by atoms with van der Waals surface area (Å²) < 4.78 is 10.3. The van der Waals surface area contributed by atoms with Crippen molar-refractivity contribution in [3.63, 3.8) is 0 Å². The Morgan fingerprint density at radius 2 is 2.00 bits per heavy atom. The number of carbonyl (C=O) groups excluding carboxylic acids is 1. The fourth-order valence-corrected chi connectivity index (χ4v) is 1.75. The van der Waals surface area contributed by atoms with E-state index in [1.807, 2.05) is 12.1 Å². The van der Waals surface area contributed by atoms with Crippen LogP contribution in [0.25, 0.3) is 0 Å². The lowest BCUT2D eigenvalue weighted by molar-refractivity contribution is 0.0509. The molecule has 0 fully saturated rings. The maximum absolute atomic E-state index is 11.9. The van der Waals surface area contributed by atoms with Gasteiger partial charge in [-0.1, -0.05) is 0 Å². The van der Waals surface area contributed by atoms with E-state index in [1.54, 1.807) is 30.6 Å². The number of anilines is 1. The number of benzene rings is 1. The van der Waals surface area contributed by atoms with Crippen molar-refractivity contribution in [3.8, 4) is 5.75 Å². The molecule has 0 aliphatic heterocycles. The van der Waals surface area contributed by atoms with Crippen molar-refractivity contribution < 1.29 is 14.3 Å². The summed E-state index contributed by atoms with van der Waals surface area (Å²) in [5, 5.41) is 0. The van der Waals surface area contributed by atoms with Crippen LogP contribution in [0.3, 0.4) is 0 Å². The molecule has 0 aliphatic carbocycles. The summed E-state index contributed by atoms with van der Waals surface area (Å²) in [6.45, 7) is 0.306. The summed E-state index contributed by atoms with van der Waals surface area (Å²) >= 11 is 0. The lowest BCUT2D eigenvalue weighted by atomic mass is 10.2. The monoisotopic (exact) mass is 272 g/mol. The molecular weight excluding hydrogens is 256 g/mol. The van der Waals surface area contributed by atoms with Crippen molar-refractivity contribution in [1.29, 1.82) is 0 Å². The molecule has 104 valence electrons. The lowest BCUT2D eigenvalue weighted by Crippen LogP contribution is -2.09. The molecule has 1 aromatic heterocycles. The predicted octanol–water partition coefficient (Wildman–Crippen LogP) is 2.07. The van der Waals surface area contributed by atoms with Crippen LogP contribution in [0.4, 0.5) is 5.69 Å². The number of carbonyl (C=O) groups is 1. The van der Waals surface area contributed by atoms with Gasteiger partial charge in [-0.15, -0.1) is 0 Å². The molecule has 0 aliphatic rings. The highest BCUT2D eigenvalue weighted by Gasteiger charge is 2.09. The van der Waals surface area contributed by atoms with Crippen LogP contribution in [0, 0.1) is 0 Å². The van der Waals surface area contributed by atoms with E-state index < -0.39 is 5.97 Å². The van der Waals surface area contributed by atoms with Crippen LogP contribution >= 0.6 is 0 Å². The van der Waals surface area contributed by atoms with Crippen LogP contribution in [0.15, 0.2) is 42.7 Å². The van der Waals surface area contributed by atoms with Gasteiger partial charge < -0.3 is 15.2 Å². The minimum absolute atomic E-state index is 0.306. The number of nitrogen functional groups attached to an aromatic ring is 1. The minimum atomic E-state index is -0.412. The smallest absolute Gasteiger partial charge is 0.338 e. The highest BCUT2D eigenvalue weighted by atomic mass is 16.5. The Balaban J connectivity index is 1.93. The molecule has 2 N–H and O–H groups in total. The molecule has 20 heavy (non-hydrogen) atoms. The Bertz CT molecular complexity index is 585. The van der Waals surface area contributed by atoms with Crippen LogP contribution in [0.5, 0.6) is 5.75 Å². The SMILES string of the molecule is COc1cc(N)cc(C(=O)OCCc2ccncc2)c1. The van der Waals surface area contributed by atoms with Crippen LogP contribution in [-0.2, 0) is 11.2 Å². The van der Waals surface area contributed by atoms with E-state index in [0.717, 1.165) is 5.56 Å². The normalized spacial score (nSPS) is 10.1. The molecule has 0 unspecified atom stereocenters. The molecule has 1 aromatic carbocycles. The van der Waals surface area contributed by atoms with Gasteiger partial charge in [-0.3, -0.25) is 4.98 Å². The summed E-state index contributed by atoms with van der Waals surface area (Å²) in [7, 11) is 1.52.